The molecule has 0 aliphatic rings. The minimum Gasteiger partial charge on any atom is -0.226 e. The SMILES string of the molecule is Cc1nc(Br)cc(Sc2ccc(Cl)cc2)n1. The quantitative estimate of drug-likeness (QED) is 0.770. The molecule has 0 aliphatic heterocycles. The highest BCUT2D eigenvalue weighted by Gasteiger charge is 2.02. The summed E-state index contributed by atoms with van der Waals surface area (Å²) in [5, 5.41) is 1.66. The summed E-state index contributed by atoms with van der Waals surface area (Å²) in [6.07, 6.45) is 0. The van der Waals surface area contributed by atoms with Gasteiger partial charge in [-0.1, -0.05) is 23.4 Å². The average Bonchev–Trinajstić information content (AvgIpc) is 2.20. The van der Waals surface area contributed by atoms with Crippen LogP contribution in [0.2, 0.25) is 5.02 Å². The first kappa shape index (κ1) is 11.9. The molecule has 1 aromatic heterocycles. The van der Waals surface area contributed by atoms with E-state index in [9.17, 15) is 0 Å². The van der Waals surface area contributed by atoms with E-state index in [1.54, 1.807) is 11.8 Å². The van der Waals surface area contributed by atoms with Gasteiger partial charge in [0.15, 0.2) is 0 Å². The van der Waals surface area contributed by atoms with E-state index in [0.717, 1.165) is 25.4 Å². The van der Waals surface area contributed by atoms with Crippen molar-refractivity contribution in [3.05, 3.63) is 45.8 Å². The number of aromatic nitrogens is 2. The van der Waals surface area contributed by atoms with E-state index in [1.807, 2.05) is 37.3 Å². The van der Waals surface area contributed by atoms with E-state index in [-0.39, 0.29) is 0 Å². The van der Waals surface area contributed by atoms with Gasteiger partial charge in [0.1, 0.15) is 15.5 Å². The maximum atomic E-state index is 5.82. The molecule has 0 spiro atoms. The summed E-state index contributed by atoms with van der Waals surface area (Å²) in [6, 6.07) is 9.57. The minimum absolute atomic E-state index is 0.740. The third kappa shape index (κ3) is 3.20. The van der Waals surface area contributed by atoms with Gasteiger partial charge in [0.05, 0.1) is 0 Å². The Morgan fingerprint density at radius 3 is 2.50 bits per heavy atom. The molecule has 0 aliphatic carbocycles. The van der Waals surface area contributed by atoms with Crippen LogP contribution in [0.1, 0.15) is 5.82 Å². The Hall–Kier alpha value is -0.580. The molecule has 0 atom stereocenters. The first-order valence-electron chi connectivity index (χ1n) is 4.58. The molecule has 82 valence electrons. The molecular weight excluding hydrogens is 308 g/mol. The van der Waals surface area contributed by atoms with Crippen LogP contribution in [0.25, 0.3) is 0 Å². The van der Waals surface area contributed by atoms with E-state index >= 15 is 0 Å². The van der Waals surface area contributed by atoms with Crippen LogP contribution in [-0.2, 0) is 0 Å². The van der Waals surface area contributed by atoms with Crippen LogP contribution < -0.4 is 0 Å². The van der Waals surface area contributed by atoms with Crippen LogP contribution in [0, 0.1) is 6.92 Å². The van der Waals surface area contributed by atoms with Crippen molar-refractivity contribution < 1.29 is 0 Å². The van der Waals surface area contributed by atoms with Gasteiger partial charge in [0, 0.05) is 16.0 Å². The van der Waals surface area contributed by atoms with Gasteiger partial charge in [-0.2, -0.15) is 0 Å². The number of hydrogen-bond donors (Lipinski definition) is 0. The maximum Gasteiger partial charge on any atom is 0.127 e. The molecule has 0 saturated heterocycles. The Morgan fingerprint density at radius 2 is 1.88 bits per heavy atom. The summed E-state index contributed by atoms with van der Waals surface area (Å²) >= 11 is 10.8. The Balaban J connectivity index is 2.23. The highest BCUT2D eigenvalue weighted by molar-refractivity contribution is 9.10. The van der Waals surface area contributed by atoms with Crippen molar-refractivity contribution in [1.82, 2.24) is 9.97 Å². The lowest BCUT2D eigenvalue weighted by Crippen LogP contribution is -1.89. The molecule has 0 fully saturated rings. The van der Waals surface area contributed by atoms with Crippen LogP contribution in [0.5, 0.6) is 0 Å². The molecule has 0 saturated carbocycles. The number of halogens is 2. The normalized spacial score (nSPS) is 10.4. The van der Waals surface area contributed by atoms with Crippen LogP contribution in [-0.4, -0.2) is 9.97 Å². The Bertz CT molecular complexity index is 482. The van der Waals surface area contributed by atoms with E-state index < -0.39 is 0 Å². The smallest absolute Gasteiger partial charge is 0.127 e. The van der Waals surface area contributed by atoms with Crippen molar-refractivity contribution in [2.45, 2.75) is 16.8 Å². The third-order valence-electron chi connectivity index (χ3n) is 1.82. The van der Waals surface area contributed by atoms with Crippen molar-refractivity contribution >= 4 is 39.3 Å². The van der Waals surface area contributed by atoms with Gasteiger partial charge in [-0.25, -0.2) is 9.97 Å². The van der Waals surface area contributed by atoms with Crippen LogP contribution in [0.15, 0.2) is 44.9 Å². The lowest BCUT2D eigenvalue weighted by atomic mass is 10.4. The summed E-state index contributed by atoms with van der Waals surface area (Å²) in [5.74, 6) is 0.755. The molecule has 0 amide bonds. The van der Waals surface area contributed by atoms with Gasteiger partial charge >= 0.3 is 0 Å². The van der Waals surface area contributed by atoms with Crippen molar-refractivity contribution in [2.24, 2.45) is 0 Å². The van der Waals surface area contributed by atoms with Crippen LogP contribution in [0.4, 0.5) is 0 Å². The molecule has 1 aromatic carbocycles. The van der Waals surface area contributed by atoms with Gasteiger partial charge in [0.2, 0.25) is 0 Å². The standard InChI is InChI=1S/C11H8BrClN2S/c1-7-14-10(12)6-11(15-7)16-9-4-2-8(13)3-5-9/h2-6H,1H3. The van der Waals surface area contributed by atoms with E-state index in [0.29, 0.717) is 0 Å². The molecule has 0 radical (unpaired) electrons. The zero-order chi connectivity index (χ0) is 11.5. The first-order valence-corrected chi connectivity index (χ1v) is 6.57. The molecular formula is C11H8BrClN2S. The second kappa shape index (κ2) is 5.17. The molecule has 2 aromatic rings. The molecule has 1 heterocycles. The van der Waals surface area contributed by atoms with Crippen LogP contribution >= 0.6 is 39.3 Å². The van der Waals surface area contributed by atoms with E-state index in [1.165, 1.54) is 0 Å². The summed E-state index contributed by atoms with van der Waals surface area (Å²) in [5.41, 5.74) is 0. The number of nitrogens with zero attached hydrogens (tertiary/aromatic N) is 2. The number of aryl methyl sites for hydroxylation is 1. The second-order valence-corrected chi connectivity index (χ2v) is 5.47. The van der Waals surface area contributed by atoms with Gasteiger partial charge < -0.3 is 0 Å². The average molecular weight is 316 g/mol. The lowest BCUT2D eigenvalue weighted by Gasteiger charge is -2.02. The van der Waals surface area contributed by atoms with E-state index in [2.05, 4.69) is 25.9 Å². The lowest BCUT2D eigenvalue weighted by molar-refractivity contribution is 0.951. The Kier molecular flexibility index (Phi) is 3.84. The predicted molar refractivity (Wildman–Crippen MR) is 70.0 cm³/mol. The van der Waals surface area contributed by atoms with Crippen LogP contribution in [0.3, 0.4) is 0 Å². The number of rotatable bonds is 2. The van der Waals surface area contributed by atoms with Gasteiger partial charge in [-0.3, -0.25) is 0 Å². The molecule has 2 rings (SSSR count). The Labute approximate surface area is 112 Å². The summed E-state index contributed by atoms with van der Waals surface area (Å²) < 4.78 is 0.802. The van der Waals surface area contributed by atoms with Crippen molar-refractivity contribution in [3.63, 3.8) is 0 Å². The predicted octanol–water partition coefficient (Wildman–Crippen LogP) is 4.35. The summed E-state index contributed by atoms with van der Waals surface area (Å²) in [4.78, 5) is 9.61. The van der Waals surface area contributed by atoms with Crippen molar-refractivity contribution in [3.8, 4) is 0 Å². The van der Waals surface area contributed by atoms with Crippen molar-refractivity contribution in [1.29, 1.82) is 0 Å². The summed E-state index contributed by atoms with van der Waals surface area (Å²) in [7, 11) is 0. The highest BCUT2D eigenvalue weighted by Crippen LogP contribution is 2.28. The largest absolute Gasteiger partial charge is 0.226 e. The molecule has 0 bridgehead atoms. The monoisotopic (exact) mass is 314 g/mol. The molecule has 0 unspecified atom stereocenters. The topological polar surface area (TPSA) is 25.8 Å². The fraction of sp³-hybridized carbons (Fsp3) is 0.0909. The van der Waals surface area contributed by atoms with Gasteiger partial charge in [-0.15, -0.1) is 0 Å². The number of benzene rings is 1. The molecule has 0 N–H and O–H groups in total. The zero-order valence-corrected chi connectivity index (χ0v) is 11.6. The maximum absolute atomic E-state index is 5.82. The fourth-order valence-electron chi connectivity index (χ4n) is 1.18. The number of hydrogen-bond acceptors (Lipinski definition) is 3. The van der Waals surface area contributed by atoms with E-state index in [4.69, 9.17) is 11.6 Å². The molecule has 2 nitrogen and oxygen atoms in total. The van der Waals surface area contributed by atoms with Gasteiger partial charge in [0.25, 0.3) is 0 Å². The highest BCUT2D eigenvalue weighted by atomic mass is 79.9. The molecule has 5 heteroatoms. The second-order valence-electron chi connectivity index (χ2n) is 3.13. The zero-order valence-electron chi connectivity index (χ0n) is 8.45. The first-order chi connectivity index (χ1) is 7.63. The molecule has 16 heavy (non-hydrogen) atoms. The van der Waals surface area contributed by atoms with Crippen molar-refractivity contribution in [2.75, 3.05) is 0 Å². The Morgan fingerprint density at radius 1 is 1.19 bits per heavy atom. The summed E-state index contributed by atoms with van der Waals surface area (Å²) in [6.45, 7) is 1.87. The third-order valence-corrected chi connectivity index (χ3v) is 3.40. The fourth-order valence-corrected chi connectivity index (χ4v) is 2.79. The van der Waals surface area contributed by atoms with Gasteiger partial charge in [-0.05, 0) is 47.1 Å². The minimum atomic E-state index is 0.740.